The van der Waals surface area contributed by atoms with Gasteiger partial charge in [0.2, 0.25) is 0 Å². The van der Waals surface area contributed by atoms with Crippen molar-refractivity contribution in [2.24, 2.45) is 0 Å². The number of hydrogen-bond donors (Lipinski definition) is 1. The topological polar surface area (TPSA) is 29.5 Å². The second-order valence-corrected chi connectivity index (χ2v) is 5.80. The van der Waals surface area contributed by atoms with E-state index in [4.69, 9.17) is 4.74 Å². The zero-order valence-electron chi connectivity index (χ0n) is 13.0. The molecule has 1 N–H and O–H groups in total. The third-order valence-electron chi connectivity index (χ3n) is 3.58. The molecule has 0 aliphatic heterocycles. The van der Waals surface area contributed by atoms with Crippen LogP contribution in [0, 0.1) is 0 Å². The highest BCUT2D eigenvalue weighted by atomic mass is 16.5. The Bertz CT molecular complexity index is 531. The highest BCUT2D eigenvalue weighted by Gasteiger charge is 2.14. The maximum absolute atomic E-state index is 10.4. The van der Waals surface area contributed by atoms with Crippen LogP contribution in [-0.2, 0) is 0 Å². The summed E-state index contributed by atoms with van der Waals surface area (Å²) in [6.07, 6.45) is 0.432. The first-order valence-corrected chi connectivity index (χ1v) is 7.56. The lowest BCUT2D eigenvalue weighted by Gasteiger charge is -2.18. The van der Waals surface area contributed by atoms with E-state index in [1.54, 1.807) is 0 Å². The first kappa shape index (κ1) is 15.6. The van der Waals surface area contributed by atoms with Crippen LogP contribution in [0.25, 0.3) is 0 Å². The third kappa shape index (κ3) is 4.61. The standard InChI is InChI=1S/C19H24O2/c1-14(2)21-18-11-9-17(10-12-18)19(20)13-15(3)16-7-5-4-6-8-16/h4-12,14-15,19-20H,13H2,1-3H3. The van der Waals surface area contributed by atoms with E-state index in [0.29, 0.717) is 12.3 Å². The molecule has 0 aromatic heterocycles. The van der Waals surface area contributed by atoms with Crippen molar-refractivity contribution in [3.8, 4) is 5.75 Å². The molecule has 0 radical (unpaired) electrons. The number of aliphatic hydroxyl groups is 1. The van der Waals surface area contributed by atoms with Crippen molar-refractivity contribution in [2.75, 3.05) is 0 Å². The molecule has 0 saturated heterocycles. The molecule has 2 unspecified atom stereocenters. The van der Waals surface area contributed by atoms with Crippen LogP contribution in [-0.4, -0.2) is 11.2 Å². The van der Waals surface area contributed by atoms with E-state index in [1.165, 1.54) is 5.56 Å². The quantitative estimate of drug-likeness (QED) is 0.833. The van der Waals surface area contributed by atoms with Crippen LogP contribution in [0.5, 0.6) is 5.75 Å². The average molecular weight is 284 g/mol. The van der Waals surface area contributed by atoms with Crippen LogP contribution in [0.4, 0.5) is 0 Å². The number of hydrogen-bond acceptors (Lipinski definition) is 2. The molecule has 0 amide bonds. The normalized spacial score (nSPS) is 14.0. The van der Waals surface area contributed by atoms with Crippen LogP contribution in [0.1, 0.15) is 50.3 Å². The molecule has 2 atom stereocenters. The highest BCUT2D eigenvalue weighted by molar-refractivity contribution is 5.29. The maximum atomic E-state index is 10.4. The zero-order chi connectivity index (χ0) is 15.2. The maximum Gasteiger partial charge on any atom is 0.119 e. The Balaban J connectivity index is 1.98. The monoisotopic (exact) mass is 284 g/mol. The second kappa shape index (κ2) is 7.28. The van der Waals surface area contributed by atoms with Gasteiger partial charge in [0.05, 0.1) is 12.2 Å². The molecule has 0 heterocycles. The lowest BCUT2D eigenvalue weighted by molar-refractivity contribution is 0.159. The molecule has 2 aromatic carbocycles. The lowest BCUT2D eigenvalue weighted by atomic mass is 9.92. The first-order valence-electron chi connectivity index (χ1n) is 7.56. The van der Waals surface area contributed by atoms with E-state index in [1.807, 2.05) is 56.3 Å². The Labute approximate surface area is 127 Å². The Hall–Kier alpha value is -1.80. The van der Waals surface area contributed by atoms with Crippen LogP contribution >= 0.6 is 0 Å². The van der Waals surface area contributed by atoms with Gasteiger partial charge >= 0.3 is 0 Å². The Morgan fingerprint density at radius 2 is 1.48 bits per heavy atom. The molecule has 2 heteroatoms. The Morgan fingerprint density at radius 3 is 2.05 bits per heavy atom. The van der Waals surface area contributed by atoms with Gasteiger partial charge < -0.3 is 9.84 Å². The molecule has 0 aliphatic rings. The van der Waals surface area contributed by atoms with Gasteiger partial charge in [-0.05, 0) is 49.4 Å². The SMILES string of the molecule is CC(C)Oc1ccc(C(O)CC(C)c2ccccc2)cc1. The number of ether oxygens (including phenoxy) is 1. The minimum Gasteiger partial charge on any atom is -0.491 e. The van der Waals surface area contributed by atoms with Gasteiger partial charge in [0, 0.05) is 0 Å². The summed E-state index contributed by atoms with van der Waals surface area (Å²) in [5, 5.41) is 10.4. The van der Waals surface area contributed by atoms with Crippen LogP contribution in [0.2, 0.25) is 0 Å². The fourth-order valence-electron chi connectivity index (χ4n) is 2.43. The van der Waals surface area contributed by atoms with E-state index in [-0.39, 0.29) is 6.10 Å². The van der Waals surface area contributed by atoms with Gasteiger partial charge in [-0.2, -0.15) is 0 Å². The van der Waals surface area contributed by atoms with Crippen molar-refractivity contribution in [1.82, 2.24) is 0 Å². The molecular formula is C19H24O2. The van der Waals surface area contributed by atoms with Crippen molar-refractivity contribution in [1.29, 1.82) is 0 Å². The highest BCUT2D eigenvalue weighted by Crippen LogP contribution is 2.28. The lowest BCUT2D eigenvalue weighted by Crippen LogP contribution is -2.06. The van der Waals surface area contributed by atoms with Crippen molar-refractivity contribution >= 4 is 0 Å². The van der Waals surface area contributed by atoms with Gasteiger partial charge in [-0.25, -0.2) is 0 Å². The minimum atomic E-state index is -0.451. The second-order valence-electron chi connectivity index (χ2n) is 5.80. The van der Waals surface area contributed by atoms with Crippen molar-refractivity contribution in [3.05, 3.63) is 65.7 Å². The van der Waals surface area contributed by atoms with Gasteiger partial charge in [0.15, 0.2) is 0 Å². The molecule has 0 fully saturated rings. The van der Waals surface area contributed by atoms with Crippen LogP contribution in [0.3, 0.4) is 0 Å². The predicted molar refractivity (Wildman–Crippen MR) is 86.6 cm³/mol. The zero-order valence-corrected chi connectivity index (χ0v) is 13.0. The van der Waals surface area contributed by atoms with Crippen molar-refractivity contribution in [2.45, 2.75) is 45.3 Å². The number of rotatable bonds is 6. The summed E-state index contributed by atoms with van der Waals surface area (Å²) < 4.78 is 5.62. The van der Waals surface area contributed by atoms with E-state index in [2.05, 4.69) is 19.1 Å². The number of benzene rings is 2. The molecule has 0 aliphatic carbocycles. The summed E-state index contributed by atoms with van der Waals surface area (Å²) in [5.74, 6) is 1.17. The summed E-state index contributed by atoms with van der Waals surface area (Å²) >= 11 is 0. The first-order chi connectivity index (χ1) is 10.1. The predicted octanol–water partition coefficient (Wildman–Crippen LogP) is 4.70. The van der Waals surface area contributed by atoms with Crippen molar-refractivity contribution in [3.63, 3.8) is 0 Å². The third-order valence-corrected chi connectivity index (χ3v) is 3.58. The van der Waals surface area contributed by atoms with Gasteiger partial charge in [-0.1, -0.05) is 49.4 Å². The molecule has 2 nitrogen and oxygen atoms in total. The molecule has 0 spiro atoms. The van der Waals surface area contributed by atoms with Crippen LogP contribution in [0.15, 0.2) is 54.6 Å². The summed E-state index contributed by atoms with van der Waals surface area (Å²) in [6.45, 7) is 6.16. The smallest absolute Gasteiger partial charge is 0.119 e. The van der Waals surface area contributed by atoms with Gasteiger partial charge in [0.25, 0.3) is 0 Å². The summed E-state index contributed by atoms with van der Waals surface area (Å²) in [6, 6.07) is 18.0. The summed E-state index contributed by atoms with van der Waals surface area (Å²) in [7, 11) is 0. The minimum absolute atomic E-state index is 0.166. The largest absolute Gasteiger partial charge is 0.491 e. The molecule has 112 valence electrons. The molecule has 2 aromatic rings. The number of aliphatic hydroxyl groups excluding tert-OH is 1. The van der Waals surface area contributed by atoms with Gasteiger partial charge in [-0.3, -0.25) is 0 Å². The Kier molecular flexibility index (Phi) is 5.40. The van der Waals surface area contributed by atoms with E-state index in [0.717, 1.165) is 11.3 Å². The van der Waals surface area contributed by atoms with E-state index < -0.39 is 6.10 Å². The summed E-state index contributed by atoms with van der Waals surface area (Å²) in [5.41, 5.74) is 2.20. The fraction of sp³-hybridized carbons (Fsp3) is 0.368. The Morgan fingerprint density at radius 1 is 0.857 bits per heavy atom. The molecule has 0 bridgehead atoms. The summed E-state index contributed by atoms with van der Waals surface area (Å²) in [4.78, 5) is 0. The van der Waals surface area contributed by atoms with Crippen LogP contribution < -0.4 is 4.74 Å². The molecule has 2 rings (SSSR count). The molecule has 0 saturated carbocycles. The van der Waals surface area contributed by atoms with Gasteiger partial charge in [-0.15, -0.1) is 0 Å². The van der Waals surface area contributed by atoms with E-state index in [9.17, 15) is 5.11 Å². The van der Waals surface area contributed by atoms with E-state index >= 15 is 0 Å². The molecular weight excluding hydrogens is 260 g/mol. The van der Waals surface area contributed by atoms with Gasteiger partial charge in [0.1, 0.15) is 5.75 Å². The fourth-order valence-corrected chi connectivity index (χ4v) is 2.43. The molecule has 21 heavy (non-hydrogen) atoms. The van der Waals surface area contributed by atoms with Crippen molar-refractivity contribution < 1.29 is 9.84 Å². The average Bonchev–Trinajstić information content (AvgIpc) is 2.48.